The van der Waals surface area contributed by atoms with Crippen LogP contribution in [0.1, 0.15) is 27.2 Å². The van der Waals surface area contributed by atoms with Gasteiger partial charge in [-0.3, -0.25) is 4.79 Å². The second-order valence-electron chi connectivity index (χ2n) is 6.21. The zero-order valence-electron chi connectivity index (χ0n) is 15.8. The van der Waals surface area contributed by atoms with Crippen molar-refractivity contribution in [2.75, 3.05) is 12.4 Å². The van der Waals surface area contributed by atoms with Crippen LogP contribution in [0.2, 0.25) is 0 Å². The molecule has 1 amide bonds. The first kappa shape index (κ1) is 19.2. The summed E-state index contributed by atoms with van der Waals surface area (Å²) in [5.41, 5.74) is 2.76. The zero-order valence-corrected chi connectivity index (χ0v) is 16.6. The van der Waals surface area contributed by atoms with E-state index in [4.69, 9.17) is 4.74 Å². The third-order valence-electron chi connectivity index (χ3n) is 4.18. The Kier molecular flexibility index (Phi) is 6.34. The molecule has 0 aliphatic carbocycles. The average Bonchev–Trinajstić information content (AvgIpc) is 3.12. The van der Waals surface area contributed by atoms with Crippen molar-refractivity contribution in [3.05, 3.63) is 42.7 Å². The number of nitrogens with zero attached hydrogens (tertiary/aromatic N) is 3. The zero-order chi connectivity index (χ0) is 19.2. The van der Waals surface area contributed by atoms with E-state index in [-0.39, 0.29) is 11.9 Å². The van der Waals surface area contributed by atoms with Gasteiger partial charge in [-0.25, -0.2) is 9.50 Å². The van der Waals surface area contributed by atoms with Gasteiger partial charge in [0.1, 0.15) is 10.8 Å². The van der Waals surface area contributed by atoms with Crippen molar-refractivity contribution in [2.45, 2.75) is 38.3 Å². The number of aromatic nitrogens is 3. The van der Waals surface area contributed by atoms with Crippen LogP contribution in [0.25, 0.3) is 16.8 Å². The van der Waals surface area contributed by atoms with E-state index in [2.05, 4.69) is 22.3 Å². The third kappa shape index (κ3) is 4.80. The normalized spacial score (nSPS) is 12.1. The lowest BCUT2D eigenvalue weighted by atomic mass is 10.1. The second kappa shape index (κ2) is 8.90. The number of ether oxygens (including phenoxy) is 1. The highest BCUT2D eigenvalue weighted by Crippen LogP contribution is 2.27. The van der Waals surface area contributed by atoms with Gasteiger partial charge in [0, 0.05) is 24.0 Å². The second-order valence-corrected chi connectivity index (χ2v) is 7.18. The number of thioether (sulfide) groups is 1. The van der Waals surface area contributed by atoms with Crippen LogP contribution in [0.3, 0.4) is 0 Å². The van der Waals surface area contributed by atoms with E-state index < -0.39 is 0 Å². The first-order valence-corrected chi connectivity index (χ1v) is 10.1. The fraction of sp³-hybridized carbons (Fsp3) is 0.350. The van der Waals surface area contributed by atoms with E-state index in [1.54, 1.807) is 10.7 Å². The van der Waals surface area contributed by atoms with Gasteiger partial charge in [-0.2, -0.15) is 5.10 Å². The molecule has 0 saturated carbocycles. The van der Waals surface area contributed by atoms with Crippen molar-refractivity contribution in [2.24, 2.45) is 0 Å². The molecule has 0 spiro atoms. The maximum atomic E-state index is 12.0. The molecular weight excluding hydrogens is 360 g/mol. The minimum absolute atomic E-state index is 0.0180. The van der Waals surface area contributed by atoms with Crippen LogP contribution in [0, 0.1) is 0 Å². The maximum Gasteiger partial charge on any atom is 0.230 e. The molecule has 2 heterocycles. The van der Waals surface area contributed by atoms with Gasteiger partial charge in [-0.05, 0) is 50.6 Å². The Balaban J connectivity index is 1.77. The molecule has 2 aromatic heterocycles. The lowest BCUT2D eigenvalue weighted by molar-refractivity contribution is -0.119. The first-order valence-electron chi connectivity index (χ1n) is 9.10. The van der Waals surface area contributed by atoms with Crippen LogP contribution in [-0.4, -0.2) is 38.9 Å². The summed E-state index contributed by atoms with van der Waals surface area (Å²) in [6, 6.07) is 10.0. The minimum Gasteiger partial charge on any atom is -0.494 e. The van der Waals surface area contributed by atoms with Crippen molar-refractivity contribution in [3.63, 3.8) is 0 Å². The van der Waals surface area contributed by atoms with Crippen molar-refractivity contribution in [3.8, 4) is 17.0 Å². The molecule has 27 heavy (non-hydrogen) atoms. The SMILES string of the molecule is CCOc1ccc(-c2cc3c(SCC(=O)NC(C)CC)nccn3n2)cc1. The highest BCUT2D eigenvalue weighted by Gasteiger charge is 2.12. The van der Waals surface area contributed by atoms with Gasteiger partial charge in [0.05, 0.1) is 23.6 Å². The molecule has 3 rings (SSSR count). The molecule has 7 heteroatoms. The Morgan fingerprint density at radius 2 is 2.07 bits per heavy atom. The largest absolute Gasteiger partial charge is 0.494 e. The van der Waals surface area contributed by atoms with Crippen LogP contribution in [0.15, 0.2) is 47.8 Å². The summed E-state index contributed by atoms with van der Waals surface area (Å²) < 4.78 is 7.29. The molecule has 1 N–H and O–H groups in total. The molecule has 0 radical (unpaired) electrons. The van der Waals surface area contributed by atoms with Crippen LogP contribution in [0.4, 0.5) is 0 Å². The van der Waals surface area contributed by atoms with Crippen LogP contribution in [-0.2, 0) is 4.79 Å². The van der Waals surface area contributed by atoms with Crippen LogP contribution < -0.4 is 10.1 Å². The molecule has 1 atom stereocenters. The fourth-order valence-electron chi connectivity index (χ4n) is 2.59. The minimum atomic E-state index is 0.0180. The van der Waals surface area contributed by atoms with E-state index in [1.807, 2.05) is 50.4 Å². The number of rotatable bonds is 8. The van der Waals surface area contributed by atoms with Gasteiger partial charge in [0.15, 0.2) is 0 Å². The Morgan fingerprint density at radius 1 is 1.30 bits per heavy atom. The van der Waals surface area contributed by atoms with Gasteiger partial charge in [0.25, 0.3) is 0 Å². The topological polar surface area (TPSA) is 68.5 Å². The number of carbonyl (C=O) groups is 1. The lowest BCUT2D eigenvalue weighted by Crippen LogP contribution is -2.33. The Labute approximate surface area is 163 Å². The molecule has 0 aliphatic rings. The summed E-state index contributed by atoms with van der Waals surface area (Å²) in [5.74, 6) is 1.19. The summed E-state index contributed by atoms with van der Waals surface area (Å²) in [5, 5.41) is 8.40. The Morgan fingerprint density at radius 3 is 2.78 bits per heavy atom. The smallest absolute Gasteiger partial charge is 0.230 e. The number of hydrogen-bond acceptors (Lipinski definition) is 5. The summed E-state index contributed by atoms with van der Waals surface area (Å²) in [7, 11) is 0. The summed E-state index contributed by atoms with van der Waals surface area (Å²) in [6.45, 7) is 6.66. The predicted molar refractivity (Wildman–Crippen MR) is 108 cm³/mol. The number of hydrogen-bond donors (Lipinski definition) is 1. The molecule has 0 fully saturated rings. The molecule has 1 aromatic carbocycles. The van der Waals surface area contributed by atoms with Crippen LogP contribution >= 0.6 is 11.8 Å². The lowest BCUT2D eigenvalue weighted by Gasteiger charge is -2.10. The van der Waals surface area contributed by atoms with E-state index in [0.29, 0.717) is 12.4 Å². The molecule has 0 aliphatic heterocycles. The molecule has 0 bridgehead atoms. The average molecular weight is 385 g/mol. The quantitative estimate of drug-likeness (QED) is 0.598. The molecule has 3 aromatic rings. The highest BCUT2D eigenvalue weighted by molar-refractivity contribution is 8.00. The van der Waals surface area contributed by atoms with Crippen molar-refractivity contribution in [1.82, 2.24) is 19.9 Å². The predicted octanol–water partition coefficient (Wildman–Crippen LogP) is 3.80. The van der Waals surface area contributed by atoms with Crippen molar-refractivity contribution >= 4 is 23.2 Å². The van der Waals surface area contributed by atoms with E-state index in [1.165, 1.54) is 11.8 Å². The van der Waals surface area contributed by atoms with Crippen LogP contribution in [0.5, 0.6) is 5.75 Å². The highest BCUT2D eigenvalue weighted by atomic mass is 32.2. The Hall–Kier alpha value is -2.54. The van der Waals surface area contributed by atoms with Gasteiger partial charge < -0.3 is 10.1 Å². The van der Waals surface area contributed by atoms with Gasteiger partial charge in [-0.15, -0.1) is 0 Å². The van der Waals surface area contributed by atoms with E-state index in [0.717, 1.165) is 34.0 Å². The Bertz CT molecular complexity index is 908. The number of fused-ring (bicyclic) bond motifs is 1. The molecule has 0 saturated heterocycles. The third-order valence-corrected chi connectivity index (χ3v) is 5.17. The number of amides is 1. The first-order chi connectivity index (χ1) is 13.1. The van der Waals surface area contributed by atoms with Gasteiger partial charge >= 0.3 is 0 Å². The number of nitrogens with one attached hydrogen (secondary N) is 1. The monoisotopic (exact) mass is 384 g/mol. The van der Waals surface area contributed by atoms with E-state index >= 15 is 0 Å². The van der Waals surface area contributed by atoms with Gasteiger partial charge in [-0.1, -0.05) is 18.7 Å². The summed E-state index contributed by atoms with van der Waals surface area (Å²) in [6.07, 6.45) is 4.44. The summed E-state index contributed by atoms with van der Waals surface area (Å²) >= 11 is 1.42. The standard InChI is InChI=1S/C20H24N4O2S/c1-4-14(3)22-19(25)13-27-20-18-12-17(23-24(18)11-10-21-20)15-6-8-16(9-7-15)26-5-2/h6-12,14H,4-5,13H2,1-3H3,(H,22,25). The molecule has 142 valence electrons. The number of benzene rings is 1. The van der Waals surface area contributed by atoms with Gasteiger partial charge in [0.2, 0.25) is 5.91 Å². The fourth-order valence-corrected chi connectivity index (χ4v) is 3.38. The number of carbonyl (C=O) groups excluding carboxylic acids is 1. The van der Waals surface area contributed by atoms with Crippen molar-refractivity contribution < 1.29 is 9.53 Å². The molecule has 1 unspecified atom stereocenters. The molecular formula is C20H24N4O2S. The maximum absolute atomic E-state index is 12.0. The summed E-state index contributed by atoms with van der Waals surface area (Å²) in [4.78, 5) is 16.5. The van der Waals surface area contributed by atoms with E-state index in [9.17, 15) is 4.79 Å². The molecule has 6 nitrogen and oxygen atoms in total. The van der Waals surface area contributed by atoms with Crippen molar-refractivity contribution in [1.29, 1.82) is 0 Å².